The zero-order chi connectivity index (χ0) is 26.0. The predicted molar refractivity (Wildman–Crippen MR) is 138 cm³/mol. The van der Waals surface area contributed by atoms with Gasteiger partial charge in [0.25, 0.3) is 5.91 Å². The van der Waals surface area contributed by atoms with Gasteiger partial charge in [0.1, 0.15) is 11.1 Å². The molecule has 1 aliphatic rings. The Morgan fingerprint density at radius 1 is 1.22 bits per heavy atom. The Kier molecular flexibility index (Phi) is 7.96. The number of nitrogens with zero attached hydrogens (tertiary/aromatic N) is 3. The van der Waals surface area contributed by atoms with Gasteiger partial charge in [0.2, 0.25) is 10.9 Å². The largest absolute Gasteiger partial charge is 0.481 e. The molecule has 0 aliphatic carbocycles. The van der Waals surface area contributed by atoms with E-state index in [0.717, 1.165) is 0 Å². The molecule has 2 heterocycles. The fraction of sp³-hybridized carbons (Fsp3) is 0.261. The van der Waals surface area contributed by atoms with Gasteiger partial charge in [-0.05, 0) is 17.7 Å². The number of hydrogen-bond donors (Lipinski definition) is 3. The van der Waals surface area contributed by atoms with E-state index in [2.05, 4.69) is 22.9 Å². The number of carbonyl (C=O) groups excluding carboxylic acids is 1. The Balaban J connectivity index is 1.65. The van der Waals surface area contributed by atoms with Gasteiger partial charge in [-0.1, -0.05) is 35.3 Å². The third-order valence-corrected chi connectivity index (χ3v) is 6.50. The van der Waals surface area contributed by atoms with E-state index in [1.165, 1.54) is 35.6 Å². The lowest BCUT2D eigenvalue weighted by molar-refractivity contribution is -0.137. The van der Waals surface area contributed by atoms with Gasteiger partial charge in [0.05, 0.1) is 41.3 Å². The van der Waals surface area contributed by atoms with Crippen LogP contribution in [0.5, 0.6) is 0 Å². The summed E-state index contributed by atoms with van der Waals surface area (Å²) in [6, 6.07) is 6.56. The summed E-state index contributed by atoms with van der Waals surface area (Å²) in [6.45, 7) is 0.936. The number of morpholine rings is 1. The number of hydrogen-bond acceptors (Lipinski definition) is 9. The molecular weight excluding hydrogens is 531 g/mol. The van der Waals surface area contributed by atoms with Crippen LogP contribution in [0.15, 0.2) is 52.3 Å². The van der Waals surface area contributed by atoms with Crippen molar-refractivity contribution in [2.45, 2.75) is 17.9 Å². The Morgan fingerprint density at radius 3 is 2.44 bits per heavy atom. The van der Waals surface area contributed by atoms with Crippen LogP contribution in [0.2, 0.25) is 10.0 Å². The second kappa shape index (κ2) is 11.0. The van der Waals surface area contributed by atoms with Crippen LogP contribution in [0.25, 0.3) is 0 Å². The molecule has 10 nitrogen and oxygen atoms in total. The SMILES string of the molecule is O=C(O)CC(c1ccc(C(=O)Nc2c(Cl)cncc2Cl)cc1)N(c1cc(=O)c1=O)N1CCOC(S)C1. The number of carboxylic acid groups (broad SMARTS) is 1. The van der Waals surface area contributed by atoms with E-state index < -0.39 is 34.2 Å². The number of benzene rings is 1. The van der Waals surface area contributed by atoms with Gasteiger partial charge < -0.3 is 15.2 Å². The zero-order valence-electron chi connectivity index (χ0n) is 18.6. The summed E-state index contributed by atoms with van der Waals surface area (Å²) in [5.41, 5.74) is -0.724. The minimum Gasteiger partial charge on any atom is -0.481 e. The number of pyridine rings is 1. The number of carboxylic acids is 1. The molecule has 188 valence electrons. The van der Waals surface area contributed by atoms with Crippen LogP contribution in [-0.2, 0) is 9.53 Å². The highest BCUT2D eigenvalue weighted by Crippen LogP contribution is 2.32. The first-order valence-electron chi connectivity index (χ1n) is 10.7. The maximum Gasteiger partial charge on any atom is 0.305 e. The molecule has 0 bridgehead atoms. The van der Waals surface area contributed by atoms with Crippen molar-refractivity contribution in [3.05, 3.63) is 84.3 Å². The minimum absolute atomic E-state index is 0.0949. The number of carbonyl (C=O) groups is 2. The van der Waals surface area contributed by atoms with Crippen molar-refractivity contribution in [3.63, 3.8) is 0 Å². The molecule has 0 saturated carbocycles. The first kappa shape index (κ1) is 26.1. The molecule has 0 spiro atoms. The highest BCUT2D eigenvalue weighted by Gasteiger charge is 2.34. The van der Waals surface area contributed by atoms with Crippen molar-refractivity contribution in [2.24, 2.45) is 0 Å². The molecule has 1 fully saturated rings. The summed E-state index contributed by atoms with van der Waals surface area (Å²) in [5.74, 6) is -1.60. The lowest BCUT2D eigenvalue weighted by Crippen LogP contribution is -2.56. The van der Waals surface area contributed by atoms with E-state index in [9.17, 15) is 24.3 Å². The molecular formula is C23H20Cl2N4O6S. The molecule has 2 atom stereocenters. The Hall–Kier alpha value is -2.96. The normalized spacial score (nSPS) is 17.0. The average Bonchev–Trinajstić information content (AvgIpc) is 2.85. The van der Waals surface area contributed by atoms with Crippen LogP contribution >= 0.6 is 35.8 Å². The van der Waals surface area contributed by atoms with E-state index in [4.69, 9.17) is 27.9 Å². The van der Waals surface area contributed by atoms with Crippen molar-refractivity contribution in [3.8, 4) is 0 Å². The van der Waals surface area contributed by atoms with E-state index in [0.29, 0.717) is 18.7 Å². The second-order valence-corrected chi connectivity index (χ2v) is 9.36. The van der Waals surface area contributed by atoms with Crippen LogP contribution in [0.3, 0.4) is 0 Å². The van der Waals surface area contributed by atoms with E-state index in [1.807, 2.05) is 0 Å². The highest BCUT2D eigenvalue weighted by molar-refractivity contribution is 7.80. The zero-order valence-corrected chi connectivity index (χ0v) is 21.0. The summed E-state index contributed by atoms with van der Waals surface area (Å²) < 4.78 is 5.45. The van der Waals surface area contributed by atoms with Crippen LogP contribution in [0.4, 0.5) is 11.4 Å². The Labute approximate surface area is 220 Å². The van der Waals surface area contributed by atoms with Gasteiger partial charge in [-0.2, -0.15) is 0 Å². The third-order valence-electron chi connectivity index (χ3n) is 5.62. The number of amides is 1. The third kappa shape index (κ3) is 5.55. The number of hydrazine groups is 1. The molecule has 2 N–H and O–H groups in total. The Morgan fingerprint density at radius 2 is 1.89 bits per heavy atom. The molecule has 4 rings (SSSR count). The maximum atomic E-state index is 12.8. The number of aliphatic carboxylic acids is 1. The minimum atomic E-state index is -1.11. The van der Waals surface area contributed by atoms with Gasteiger partial charge in [-0.25, -0.2) is 5.01 Å². The molecule has 2 unspecified atom stereocenters. The van der Waals surface area contributed by atoms with Crippen LogP contribution in [0, 0.1) is 0 Å². The van der Waals surface area contributed by atoms with Crippen LogP contribution in [0.1, 0.15) is 28.4 Å². The molecule has 1 saturated heterocycles. The van der Waals surface area contributed by atoms with Gasteiger partial charge in [0, 0.05) is 30.6 Å². The highest BCUT2D eigenvalue weighted by atomic mass is 35.5. The number of nitrogens with one attached hydrogen (secondary N) is 1. The molecule has 1 amide bonds. The molecule has 2 aromatic carbocycles. The van der Waals surface area contributed by atoms with Gasteiger partial charge >= 0.3 is 5.97 Å². The lowest BCUT2D eigenvalue weighted by Gasteiger charge is -2.44. The molecule has 13 heteroatoms. The second-order valence-electron chi connectivity index (χ2n) is 7.97. The topological polar surface area (TPSA) is 129 Å². The summed E-state index contributed by atoms with van der Waals surface area (Å²) in [4.78, 5) is 52.5. The van der Waals surface area contributed by atoms with Gasteiger partial charge in [0.15, 0.2) is 0 Å². The van der Waals surface area contributed by atoms with Crippen LogP contribution < -0.4 is 21.2 Å². The number of rotatable bonds is 8. The fourth-order valence-electron chi connectivity index (χ4n) is 3.89. The van der Waals surface area contributed by atoms with Crippen molar-refractivity contribution >= 4 is 59.1 Å². The number of halogens is 2. The number of ether oxygens (including phenoxy) is 1. The summed E-state index contributed by atoms with van der Waals surface area (Å²) in [5, 5.41) is 15.9. The molecule has 3 aromatic rings. The summed E-state index contributed by atoms with van der Waals surface area (Å²) in [6.07, 6.45) is 2.32. The van der Waals surface area contributed by atoms with Crippen molar-refractivity contribution in [1.82, 2.24) is 9.99 Å². The smallest absolute Gasteiger partial charge is 0.305 e. The molecule has 36 heavy (non-hydrogen) atoms. The summed E-state index contributed by atoms with van der Waals surface area (Å²) >= 11 is 16.5. The number of aromatic nitrogens is 1. The standard InChI is InChI=1S/C23H20Cl2N4O6S/c24-14-9-26-10-15(25)21(14)27-23(34)13-3-1-12(2-4-13)16(8-19(31)32)29(17-7-18(30)22(17)33)28-5-6-35-20(36)11-28/h1-4,7,9-10,16,20,36H,5-6,8,11H2,(H,31,32)(H,26,27,34). The monoisotopic (exact) mass is 550 g/mol. The first-order chi connectivity index (χ1) is 17.2. The lowest BCUT2D eigenvalue weighted by atomic mass is 10.00. The fourth-order valence-corrected chi connectivity index (χ4v) is 4.64. The van der Waals surface area contributed by atoms with Gasteiger partial charge in [-0.3, -0.25) is 29.2 Å². The quantitative estimate of drug-likeness (QED) is 0.286. The van der Waals surface area contributed by atoms with E-state index >= 15 is 0 Å². The maximum absolute atomic E-state index is 12.8. The number of thiol groups is 1. The van der Waals surface area contributed by atoms with Crippen molar-refractivity contribution < 1.29 is 19.4 Å². The van der Waals surface area contributed by atoms with Crippen molar-refractivity contribution in [1.29, 1.82) is 0 Å². The number of anilines is 2. The van der Waals surface area contributed by atoms with Crippen molar-refractivity contribution in [2.75, 3.05) is 30.0 Å². The molecule has 0 radical (unpaired) electrons. The van der Waals surface area contributed by atoms with E-state index in [-0.39, 0.29) is 39.9 Å². The van der Waals surface area contributed by atoms with E-state index in [1.54, 1.807) is 17.1 Å². The predicted octanol–water partition coefficient (Wildman–Crippen LogP) is 2.76. The summed E-state index contributed by atoms with van der Waals surface area (Å²) in [7, 11) is 0. The average molecular weight is 551 g/mol. The van der Waals surface area contributed by atoms with Gasteiger partial charge in [-0.15, -0.1) is 12.6 Å². The first-order valence-corrected chi connectivity index (χ1v) is 12.0. The molecule has 1 aliphatic heterocycles. The van der Waals surface area contributed by atoms with Crippen LogP contribution in [-0.4, -0.2) is 52.1 Å². The molecule has 1 aromatic heterocycles. The Bertz CT molecular complexity index is 1340.